The lowest BCUT2D eigenvalue weighted by atomic mass is 10.4. The predicted molar refractivity (Wildman–Crippen MR) is 62.1 cm³/mol. The molecule has 4 heteroatoms. The van der Waals surface area contributed by atoms with Gasteiger partial charge in [0.2, 0.25) is 0 Å². The third-order valence-corrected chi connectivity index (χ3v) is 2.81. The van der Waals surface area contributed by atoms with Gasteiger partial charge in [-0.2, -0.15) is 0 Å². The van der Waals surface area contributed by atoms with Crippen molar-refractivity contribution in [2.75, 3.05) is 19.0 Å². The summed E-state index contributed by atoms with van der Waals surface area (Å²) >= 11 is 1.55. The minimum absolute atomic E-state index is 0.410. The average molecular weight is 227 g/mol. The van der Waals surface area contributed by atoms with Crippen LogP contribution in [0.1, 0.15) is 13.3 Å². The molecule has 1 aromatic heterocycles. The summed E-state index contributed by atoms with van der Waals surface area (Å²) in [5.41, 5.74) is 0. The molecule has 1 unspecified atom stereocenters. The third kappa shape index (κ3) is 5.77. The van der Waals surface area contributed by atoms with Gasteiger partial charge in [0.05, 0.1) is 17.7 Å². The zero-order valence-corrected chi connectivity index (χ0v) is 9.74. The maximum atomic E-state index is 9.56. The third-order valence-electron chi connectivity index (χ3n) is 1.72. The van der Waals surface area contributed by atoms with Crippen LogP contribution in [-0.2, 0) is 4.74 Å². The molecule has 1 heterocycles. The molecule has 1 aromatic rings. The van der Waals surface area contributed by atoms with Gasteiger partial charge in [0.15, 0.2) is 0 Å². The van der Waals surface area contributed by atoms with Crippen LogP contribution in [0.2, 0.25) is 0 Å². The summed E-state index contributed by atoms with van der Waals surface area (Å²) in [4.78, 5) is 4.16. The Labute approximate surface area is 94.9 Å². The molecular formula is C11H17NO2S. The Balaban J connectivity index is 2.14. The second kappa shape index (κ2) is 7.68. The molecule has 0 fully saturated rings. The van der Waals surface area contributed by atoms with Crippen molar-refractivity contribution in [1.82, 2.24) is 4.98 Å². The van der Waals surface area contributed by atoms with Gasteiger partial charge in [0.1, 0.15) is 0 Å². The molecule has 0 aliphatic rings. The Morgan fingerprint density at radius 2 is 2.40 bits per heavy atom. The van der Waals surface area contributed by atoms with Gasteiger partial charge >= 0.3 is 0 Å². The van der Waals surface area contributed by atoms with Crippen LogP contribution in [0.3, 0.4) is 0 Å². The first-order valence-corrected chi connectivity index (χ1v) is 6.11. The Hall–Kier alpha value is -0.580. The highest BCUT2D eigenvalue weighted by Gasteiger charge is 2.05. The average Bonchev–Trinajstić information content (AvgIpc) is 2.28. The van der Waals surface area contributed by atoms with E-state index < -0.39 is 6.10 Å². The number of ether oxygens (including phenoxy) is 1. The van der Waals surface area contributed by atoms with E-state index in [1.807, 2.05) is 18.2 Å². The van der Waals surface area contributed by atoms with Crippen LogP contribution in [0.15, 0.2) is 29.4 Å². The molecule has 1 atom stereocenters. The van der Waals surface area contributed by atoms with Crippen LogP contribution >= 0.6 is 11.8 Å². The number of aliphatic hydroxyl groups excluding tert-OH is 1. The lowest BCUT2D eigenvalue weighted by Crippen LogP contribution is -2.18. The van der Waals surface area contributed by atoms with E-state index in [2.05, 4.69) is 11.9 Å². The molecule has 0 radical (unpaired) electrons. The summed E-state index contributed by atoms with van der Waals surface area (Å²) in [6, 6.07) is 5.75. The van der Waals surface area contributed by atoms with Gasteiger partial charge < -0.3 is 9.84 Å². The largest absolute Gasteiger partial charge is 0.390 e. The van der Waals surface area contributed by atoms with Crippen LogP contribution < -0.4 is 0 Å². The van der Waals surface area contributed by atoms with Gasteiger partial charge in [-0.15, -0.1) is 11.8 Å². The molecule has 0 aromatic carbocycles. The Bertz CT molecular complexity index is 256. The van der Waals surface area contributed by atoms with Gasteiger partial charge in [-0.05, 0) is 18.6 Å². The van der Waals surface area contributed by atoms with Crippen molar-refractivity contribution in [2.24, 2.45) is 0 Å². The van der Waals surface area contributed by atoms with Crippen molar-refractivity contribution in [3.05, 3.63) is 24.4 Å². The number of aromatic nitrogens is 1. The quantitative estimate of drug-likeness (QED) is 0.571. The second-order valence-corrected chi connectivity index (χ2v) is 4.25. The van der Waals surface area contributed by atoms with Gasteiger partial charge in [-0.1, -0.05) is 13.0 Å². The number of aliphatic hydroxyl groups is 1. The first kappa shape index (κ1) is 12.5. The van der Waals surface area contributed by atoms with Crippen molar-refractivity contribution >= 4 is 11.8 Å². The number of rotatable bonds is 7. The molecule has 0 aliphatic carbocycles. The number of pyridine rings is 1. The summed E-state index contributed by atoms with van der Waals surface area (Å²) in [5, 5.41) is 10.5. The van der Waals surface area contributed by atoms with E-state index in [-0.39, 0.29) is 0 Å². The summed E-state index contributed by atoms with van der Waals surface area (Å²) in [6.45, 7) is 3.17. The fraction of sp³-hybridized carbons (Fsp3) is 0.545. The molecule has 0 saturated heterocycles. The second-order valence-electron chi connectivity index (χ2n) is 3.21. The fourth-order valence-corrected chi connectivity index (χ4v) is 1.80. The zero-order valence-electron chi connectivity index (χ0n) is 8.93. The molecule has 0 aliphatic heterocycles. The van der Waals surface area contributed by atoms with Gasteiger partial charge in [-0.25, -0.2) is 4.98 Å². The van der Waals surface area contributed by atoms with Crippen LogP contribution in [0, 0.1) is 0 Å². The van der Waals surface area contributed by atoms with E-state index in [1.54, 1.807) is 18.0 Å². The lowest BCUT2D eigenvalue weighted by Gasteiger charge is -2.09. The molecule has 15 heavy (non-hydrogen) atoms. The van der Waals surface area contributed by atoms with Crippen LogP contribution in [0.4, 0.5) is 0 Å². The maximum absolute atomic E-state index is 9.56. The predicted octanol–water partition coefficient (Wildman–Crippen LogP) is 1.96. The van der Waals surface area contributed by atoms with Crippen LogP contribution in [0.5, 0.6) is 0 Å². The van der Waals surface area contributed by atoms with Crippen molar-refractivity contribution in [3.63, 3.8) is 0 Å². The van der Waals surface area contributed by atoms with Crippen molar-refractivity contribution in [1.29, 1.82) is 0 Å². The topological polar surface area (TPSA) is 42.4 Å². The first-order valence-electron chi connectivity index (χ1n) is 5.12. The van der Waals surface area contributed by atoms with Gasteiger partial charge in [0, 0.05) is 18.6 Å². The Morgan fingerprint density at radius 1 is 1.53 bits per heavy atom. The minimum Gasteiger partial charge on any atom is -0.390 e. The van der Waals surface area contributed by atoms with Crippen LogP contribution in [0.25, 0.3) is 0 Å². The monoisotopic (exact) mass is 227 g/mol. The summed E-state index contributed by atoms with van der Waals surface area (Å²) < 4.78 is 5.25. The number of hydrogen-bond donors (Lipinski definition) is 1. The molecule has 0 bridgehead atoms. The zero-order chi connectivity index (χ0) is 10.9. The molecule has 0 amide bonds. The van der Waals surface area contributed by atoms with Gasteiger partial charge in [-0.3, -0.25) is 0 Å². The fourth-order valence-electron chi connectivity index (χ4n) is 1.03. The molecule has 0 saturated carbocycles. The standard InChI is InChI=1S/C11H17NO2S/c1-2-7-14-8-10(13)9-15-11-5-3-4-6-12-11/h3-6,10,13H,2,7-9H2,1H3. The lowest BCUT2D eigenvalue weighted by molar-refractivity contribution is 0.0489. The van der Waals surface area contributed by atoms with Crippen LogP contribution in [-0.4, -0.2) is 35.2 Å². The summed E-state index contributed by atoms with van der Waals surface area (Å²) in [6.07, 6.45) is 2.33. The number of hydrogen-bond acceptors (Lipinski definition) is 4. The maximum Gasteiger partial charge on any atom is 0.0960 e. The summed E-state index contributed by atoms with van der Waals surface area (Å²) in [5.74, 6) is 0.626. The summed E-state index contributed by atoms with van der Waals surface area (Å²) in [7, 11) is 0. The van der Waals surface area contributed by atoms with E-state index in [4.69, 9.17) is 4.74 Å². The molecule has 1 rings (SSSR count). The molecule has 1 N–H and O–H groups in total. The molecule has 3 nitrogen and oxygen atoms in total. The van der Waals surface area contributed by atoms with E-state index in [1.165, 1.54) is 0 Å². The van der Waals surface area contributed by atoms with Crippen molar-refractivity contribution in [3.8, 4) is 0 Å². The smallest absolute Gasteiger partial charge is 0.0960 e. The Kier molecular flexibility index (Phi) is 6.39. The Morgan fingerprint density at radius 3 is 3.07 bits per heavy atom. The highest BCUT2D eigenvalue weighted by Crippen LogP contribution is 2.14. The highest BCUT2D eigenvalue weighted by molar-refractivity contribution is 7.99. The van der Waals surface area contributed by atoms with Crippen molar-refractivity contribution < 1.29 is 9.84 Å². The molecular weight excluding hydrogens is 210 g/mol. The van der Waals surface area contributed by atoms with Gasteiger partial charge in [0.25, 0.3) is 0 Å². The molecule has 0 spiro atoms. The normalized spacial score (nSPS) is 12.7. The van der Waals surface area contributed by atoms with E-state index in [0.29, 0.717) is 19.0 Å². The van der Waals surface area contributed by atoms with E-state index >= 15 is 0 Å². The van der Waals surface area contributed by atoms with Crippen molar-refractivity contribution in [2.45, 2.75) is 24.5 Å². The first-order chi connectivity index (χ1) is 7.33. The van der Waals surface area contributed by atoms with E-state index in [0.717, 1.165) is 11.4 Å². The highest BCUT2D eigenvalue weighted by atomic mass is 32.2. The SMILES string of the molecule is CCCOCC(O)CSc1ccccn1. The molecule has 84 valence electrons. The number of nitrogens with zero attached hydrogens (tertiary/aromatic N) is 1. The minimum atomic E-state index is -0.413. The van der Waals surface area contributed by atoms with E-state index in [9.17, 15) is 5.11 Å². The number of thioether (sulfide) groups is 1.